The Kier molecular flexibility index (Phi) is 5.39. The number of hydrogen-bond acceptors (Lipinski definition) is 2. The minimum atomic E-state index is -0.522. The van der Waals surface area contributed by atoms with Gasteiger partial charge in [0, 0.05) is 17.0 Å². The summed E-state index contributed by atoms with van der Waals surface area (Å²) in [4.78, 5) is 15.1. The topological polar surface area (TPSA) is 20.3 Å². The molecule has 1 aromatic rings. The Hall–Kier alpha value is -0.930. The van der Waals surface area contributed by atoms with Gasteiger partial charge in [0.2, 0.25) is 0 Å². The summed E-state index contributed by atoms with van der Waals surface area (Å²) in [7, 11) is 0. The minimum absolute atomic E-state index is 0.0545. The number of Topliss-reactive ketones (excluding diaryl/α,β-unsaturated/α-hetero) is 1. The lowest BCUT2D eigenvalue weighted by atomic mass is 9.85. The quantitative estimate of drug-likeness (QED) is 0.810. The molecule has 21 heavy (non-hydrogen) atoms. The highest BCUT2D eigenvalue weighted by Gasteiger charge is 2.38. The van der Waals surface area contributed by atoms with E-state index < -0.39 is 11.4 Å². The van der Waals surface area contributed by atoms with Gasteiger partial charge in [-0.1, -0.05) is 31.0 Å². The number of piperidine rings is 1. The summed E-state index contributed by atoms with van der Waals surface area (Å²) in [5, 5.41) is 0.334. The van der Waals surface area contributed by atoms with Gasteiger partial charge >= 0.3 is 0 Å². The van der Waals surface area contributed by atoms with Crippen LogP contribution in [0.3, 0.4) is 0 Å². The molecule has 1 saturated heterocycles. The van der Waals surface area contributed by atoms with Crippen LogP contribution in [0.25, 0.3) is 0 Å². The fourth-order valence-electron chi connectivity index (χ4n) is 3.04. The van der Waals surface area contributed by atoms with E-state index in [4.69, 9.17) is 11.6 Å². The molecular formula is C17H23ClFNO. The van der Waals surface area contributed by atoms with Crippen molar-refractivity contribution >= 4 is 17.4 Å². The highest BCUT2D eigenvalue weighted by Crippen LogP contribution is 2.28. The van der Waals surface area contributed by atoms with E-state index in [1.807, 2.05) is 13.8 Å². The van der Waals surface area contributed by atoms with Gasteiger partial charge in [0.15, 0.2) is 5.78 Å². The van der Waals surface area contributed by atoms with Crippen LogP contribution in [0.15, 0.2) is 18.2 Å². The van der Waals surface area contributed by atoms with Gasteiger partial charge in [-0.2, -0.15) is 0 Å². The van der Waals surface area contributed by atoms with Crippen molar-refractivity contribution in [2.24, 2.45) is 0 Å². The van der Waals surface area contributed by atoms with Gasteiger partial charge in [-0.3, -0.25) is 9.69 Å². The van der Waals surface area contributed by atoms with Crippen molar-refractivity contribution in [2.75, 3.05) is 13.1 Å². The van der Waals surface area contributed by atoms with Crippen molar-refractivity contribution in [3.63, 3.8) is 0 Å². The molecule has 116 valence electrons. The van der Waals surface area contributed by atoms with Gasteiger partial charge in [-0.15, -0.1) is 0 Å². The predicted molar refractivity (Wildman–Crippen MR) is 84.2 cm³/mol. The first-order valence-electron chi connectivity index (χ1n) is 7.70. The van der Waals surface area contributed by atoms with Gasteiger partial charge in [0.05, 0.1) is 5.54 Å². The minimum Gasteiger partial charge on any atom is -0.297 e. The molecule has 0 bridgehead atoms. The number of hydrogen-bond donors (Lipinski definition) is 0. The number of carbonyl (C=O) groups excluding carboxylic acids is 1. The van der Waals surface area contributed by atoms with Crippen LogP contribution < -0.4 is 0 Å². The van der Waals surface area contributed by atoms with Crippen molar-refractivity contribution in [2.45, 2.75) is 51.5 Å². The average molecular weight is 312 g/mol. The normalized spacial score (nSPS) is 19.2. The van der Waals surface area contributed by atoms with Crippen molar-refractivity contribution in [3.8, 4) is 0 Å². The second-order valence-corrected chi connectivity index (χ2v) is 6.38. The lowest BCUT2D eigenvalue weighted by molar-refractivity contribution is -0.130. The molecule has 1 aromatic carbocycles. The van der Waals surface area contributed by atoms with E-state index in [1.54, 1.807) is 12.1 Å². The fourth-order valence-corrected chi connectivity index (χ4v) is 3.27. The molecule has 1 aliphatic rings. The van der Waals surface area contributed by atoms with Gasteiger partial charge in [-0.05, 0) is 51.4 Å². The molecule has 0 amide bonds. The second-order valence-electron chi connectivity index (χ2n) is 5.98. The summed E-state index contributed by atoms with van der Waals surface area (Å²) in [5.41, 5.74) is -0.202. The van der Waals surface area contributed by atoms with Gasteiger partial charge in [-0.25, -0.2) is 4.39 Å². The second kappa shape index (κ2) is 6.89. The molecule has 2 rings (SSSR count). The zero-order valence-electron chi connectivity index (χ0n) is 12.8. The lowest BCUT2D eigenvalue weighted by Gasteiger charge is -2.42. The molecule has 0 spiro atoms. The largest absolute Gasteiger partial charge is 0.297 e. The van der Waals surface area contributed by atoms with Crippen molar-refractivity contribution < 1.29 is 9.18 Å². The smallest absolute Gasteiger partial charge is 0.157 e. The summed E-state index contributed by atoms with van der Waals surface area (Å²) >= 11 is 6.05. The van der Waals surface area contributed by atoms with Crippen LogP contribution in [-0.4, -0.2) is 29.3 Å². The van der Waals surface area contributed by atoms with E-state index in [1.165, 1.54) is 12.5 Å². The Bertz CT molecular complexity index is 493. The number of benzene rings is 1. The van der Waals surface area contributed by atoms with E-state index in [0.29, 0.717) is 10.6 Å². The molecule has 0 aromatic heterocycles. The third-order valence-electron chi connectivity index (χ3n) is 4.74. The van der Waals surface area contributed by atoms with Crippen molar-refractivity contribution in [3.05, 3.63) is 34.6 Å². The molecule has 1 fully saturated rings. The molecule has 1 heterocycles. The number of halogens is 2. The third-order valence-corrected chi connectivity index (χ3v) is 5.10. The maximum absolute atomic E-state index is 13.9. The summed E-state index contributed by atoms with van der Waals surface area (Å²) in [5.74, 6) is -0.341. The summed E-state index contributed by atoms with van der Waals surface area (Å²) < 4.78 is 13.9. The maximum atomic E-state index is 13.9. The summed E-state index contributed by atoms with van der Waals surface area (Å²) in [6.07, 6.45) is 4.28. The van der Waals surface area contributed by atoms with E-state index in [0.717, 1.165) is 32.4 Å². The molecule has 0 saturated carbocycles. The number of rotatable bonds is 5. The fraction of sp³-hybridized carbons (Fsp3) is 0.588. The first-order valence-corrected chi connectivity index (χ1v) is 8.08. The van der Waals surface area contributed by atoms with Crippen molar-refractivity contribution in [1.82, 2.24) is 4.90 Å². The number of likely N-dealkylation sites (tertiary alicyclic amines) is 1. The Labute approximate surface area is 131 Å². The van der Waals surface area contributed by atoms with Gasteiger partial charge in [0.1, 0.15) is 5.82 Å². The van der Waals surface area contributed by atoms with Gasteiger partial charge in [0.25, 0.3) is 0 Å². The molecular weight excluding hydrogens is 289 g/mol. The summed E-state index contributed by atoms with van der Waals surface area (Å²) in [6.45, 7) is 5.90. The highest BCUT2D eigenvalue weighted by atomic mass is 35.5. The van der Waals surface area contributed by atoms with Gasteiger partial charge < -0.3 is 0 Å². The van der Waals surface area contributed by atoms with Crippen molar-refractivity contribution in [1.29, 1.82) is 0 Å². The lowest BCUT2D eigenvalue weighted by Crippen LogP contribution is -2.54. The highest BCUT2D eigenvalue weighted by molar-refractivity contribution is 6.31. The third kappa shape index (κ3) is 3.46. The molecule has 1 unspecified atom stereocenters. The molecule has 0 radical (unpaired) electrons. The first-order chi connectivity index (χ1) is 9.99. The molecule has 2 nitrogen and oxygen atoms in total. The zero-order valence-corrected chi connectivity index (χ0v) is 13.5. The first kappa shape index (κ1) is 16.4. The molecule has 4 heteroatoms. The molecule has 1 atom stereocenters. The Morgan fingerprint density at radius 2 is 2.00 bits per heavy atom. The Morgan fingerprint density at radius 1 is 1.33 bits per heavy atom. The Balaban J connectivity index is 2.20. The monoisotopic (exact) mass is 311 g/mol. The molecule has 0 N–H and O–H groups in total. The van der Waals surface area contributed by atoms with Crippen LogP contribution in [0.2, 0.25) is 5.02 Å². The molecule has 1 aliphatic heterocycles. The van der Waals surface area contributed by atoms with Crippen LogP contribution in [0.4, 0.5) is 4.39 Å². The maximum Gasteiger partial charge on any atom is 0.157 e. The predicted octanol–water partition coefficient (Wildman–Crippen LogP) is 4.25. The van der Waals surface area contributed by atoms with Crippen LogP contribution in [0.5, 0.6) is 0 Å². The molecule has 0 aliphatic carbocycles. The SMILES string of the molecule is CCC(C)(C(=O)Cc1c(F)cccc1Cl)N1CCCCC1. The number of nitrogens with zero attached hydrogens (tertiary/aromatic N) is 1. The van der Waals surface area contributed by atoms with E-state index >= 15 is 0 Å². The van der Waals surface area contributed by atoms with Crippen LogP contribution in [0, 0.1) is 5.82 Å². The number of carbonyl (C=O) groups is 1. The van der Waals surface area contributed by atoms with E-state index in [-0.39, 0.29) is 12.2 Å². The Morgan fingerprint density at radius 3 is 2.57 bits per heavy atom. The van der Waals surface area contributed by atoms with Crippen LogP contribution in [0.1, 0.15) is 45.1 Å². The van der Waals surface area contributed by atoms with Crippen LogP contribution in [-0.2, 0) is 11.2 Å². The zero-order chi connectivity index (χ0) is 15.5. The van der Waals surface area contributed by atoms with E-state index in [9.17, 15) is 9.18 Å². The van der Waals surface area contributed by atoms with Crippen LogP contribution >= 0.6 is 11.6 Å². The summed E-state index contributed by atoms with van der Waals surface area (Å²) in [6, 6.07) is 4.56. The number of ketones is 1. The standard InChI is InChI=1S/C17H23ClFNO/c1-3-17(2,20-10-5-4-6-11-20)16(21)12-13-14(18)8-7-9-15(13)19/h7-9H,3-6,10-12H2,1-2H3. The van der Waals surface area contributed by atoms with E-state index in [2.05, 4.69) is 4.90 Å². The average Bonchev–Trinajstić information content (AvgIpc) is 2.51.